The van der Waals surface area contributed by atoms with E-state index >= 15 is 0 Å². The molecular weight excluding hydrogens is 350 g/mol. The number of ether oxygens (including phenoxy) is 1. The molecular formula is C19H21N3O3S. The molecule has 26 heavy (non-hydrogen) atoms. The highest BCUT2D eigenvalue weighted by Crippen LogP contribution is 2.25. The van der Waals surface area contributed by atoms with Gasteiger partial charge in [0, 0.05) is 18.7 Å². The van der Waals surface area contributed by atoms with Gasteiger partial charge in [0.25, 0.3) is 0 Å². The molecule has 3 aromatic rings. The highest BCUT2D eigenvalue weighted by Gasteiger charge is 2.13. The zero-order valence-corrected chi connectivity index (χ0v) is 15.8. The normalized spacial score (nSPS) is 11.5. The number of aryl methyl sites for hydroxylation is 1. The molecule has 0 radical (unpaired) electrons. The van der Waals surface area contributed by atoms with Gasteiger partial charge in [0.2, 0.25) is 0 Å². The van der Waals surface area contributed by atoms with Gasteiger partial charge in [0.15, 0.2) is 9.84 Å². The standard InChI is InChI=1S/C19H21N3O3S/c1-14-5-4-6-15(11-14)25-10-9-22(2)19-17-12-16(26(3,23)24)7-8-18(17)20-13-21-19/h4-8,11-13H,9-10H2,1-3H3. The second-order valence-corrected chi connectivity index (χ2v) is 8.25. The molecule has 3 rings (SSSR count). The van der Waals surface area contributed by atoms with E-state index in [9.17, 15) is 8.42 Å². The summed E-state index contributed by atoms with van der Waals surface area (Å²) in [6, 6.07) is 12.8. The monoisotopic (exact) mass is 371 g/mol. The lowest BCUT2D eigenvalue weighted by Gasteiger charge is -2.20. The second-order valence-electron chi connectivity index (χ2n) is 6.23. The van der Waals surface area contributed by atoms with Gasteiger partial charge in [-0.2, -0.15) is 0 Å². The third kappa shape index (κ3) is 4.11. The molecule has 0 aliphatic carbocycles. The lowest BCUT2D eigenvalue weighted by Crippen LogP contribution is -2.25. The molecule has 136 valence electrons. The fourth-order valence-corrected chi connectivity index (χ4v) is 3.32. The molecule has 0 fully saturated rings. The molecule has 0 spiro atoms. The molecule has 0 saturated heterocycles. The summed E-state index contributed by atoms with van der Waals surface area (Å²) in [7, 11) is -1.40. The lowest BCUT2D eigenvalue weighted by atomic mass is 10.2. The molecule has 0 atom stereocenters. The van der Waals surface area contributed by atoms with Crippen LogP contribution in [0.5, 0.6) is 5.75 Å². The van der Waals surface area contributed by atoms with E-state index in [0.29, 0.717) is 29.9 Å². The predicted octanol–water partition coefficient (Wildman–Crippen LogP) is 2.86. The summed E-state index contributed by atoms with van der Waals surface area (Å²) in [6.07, 6.45) is 2.67. The summed E-state index contributed by atoms with van der Waals surface area (Å²) in [6.45, 7) is 3.10. The van der Waals surface area contributed by atoms with Crippen LogP contribution in [0.2, 0.25) is 0 Å². The van der Waals surface area contributed by atoms with Gasteiger partial charge in [0.05, 0.1) is 17.0 Å². The average Bonchev–Trinajstić information content (AvgIpc) is 2.60. The van der Waals surface area contributed by atoms with Crippen LogP contribution in [0, 0.1) is 6.92 Å². The first kappa shape index (κ1) is 18.1. The SMILES string of the molecule is Cc1cccc(OCCN(C)c2ncnc3ccc(S(C)(=O)=O)cc23)c1. The van der Waals surface area contributed by atoms with Crippen molar-refractivity contribution in [2.24, 2.45) is 0 Å². The Morgan fingerprint density at radius 1 is 1.12 bits per heavy atom. The second kappa shape index (κ2) is 7.29. The van der Waals surface area contributed by atoms with Gasteiger partial charge in [-0.05, 0) is 42.8 Å². The molecule has 1 aromatic heterocycles. The molecule has 0 saturated carbocycles. The Bertz CT molecular complexity index is 1040. The number of benzene rings is 2. The van der Waals surface area contributed by atoms with Crippen LogP contribution in [0.3, 0.4) is 0 Å². The van der Waals surface area contributed by atoms with Crippen molar-refractivity contribution in [1.29, 1.82) is 0 Å². The number of hydrogen-bond donors (Lipinski definition) is 0. The molecule has 2 aromatic carbocycles. The van der Waals surface area contributed by atoms with E-state index in [2.05, 4.69) is 9.97 Å². The summed E-state index contributed by atoms with van der Waals surface area (Å²) in [5.41, 5.74) is 1.85. The molecule has 0 aliphatic rings. The van der Waals surface area contributed by atoms with Crippen LogP contribution in [0.25, 0.3) is 10.9 Å². The minimum Gasteiger partial charge on any atom is -0.492 e. The number of nitrogens with zero attached hydrogens (tertiary/aromatic N) is 3. The van der Waals surface area contributed by atoms with Gasteiger partial charge in [-0.1, -0.05) is 12.1 Å². The zero-order valence-electron chi connectivity index (χ0n) is 15.0. The average molecular weight is 371 g/mol. The van der Waals surface area contributed by atoms with Crippen LogP contribution < -0.4 is 9.64 Å². The van der Waals surface area contributed by atoms with Gasteiger partial charge < -0.3 is 9.64 Å². The van der Waals surface area contributed by atoms with E-state index in [1.807, 2.05) is 43.1 Å². The Hall–Kier alpha value is -2.67. The van der Waals surface area contributed by atoms with E-state index in [-0.39, 0.29) is 4.90 Å². The van der Waals surface area contributed by atoms with Crippen molar-refractivity contribution < 1.29 is 13.2 Å². The van der Waals surface area contributed by atoms with Crippen molar-refractivity contribution >= 4 is 26.6 Å². The molecule has 1 heterocycles. The Morgan fingerprint density at radius 3 is 2.65 bits per heavy atom. The van der Waals surface area contributed by atoms with Crippen LogP contribution in [0.4, 0.5) is 5.82 Å². The number of fused-ring (bicyclic) bond motifs is 1. The lowest BCUT2D eigenvalue weighted by molar-refractivity contribution is 0.325. The number of likely N-dealkylation sites (N-methyl/N-ethyl adjacent to an activating group) is 1. The maximum absolute atomic E-state index is 11.8. The highest BCUT2D eigenvalue weighted by molar-refractivity contribution is 7.90. The first-order valence-electron chi connectivity index (χ1n) is 8.20. The van der Waals surface area contributed by atoms with E-state index in [1.165, 1.54) is 12.6 Å². The highest BCUT2D eigenvalue weighted by atomic mass is 32.2. The zero-order chi connectivity index (χ0) is 18.7. The quantitative estimate of drug-likeness (QED) is 0.663. The summed E-state index contributed by atoms with van der Waals surface area (Å²) in [5, 5.41) is 0.702. The van der Waals surface area contributed by atoms with Gasteiger partial charge in [-0.3, -0.25) is 0 Å². The maximum atomic E-state index is 11.8. The predicted molar refractivity (Wildman–Crippen MR) is 103 cm³/mol. The number of rotatable bonds is 6. The van der Waals surface area contributed by atoms with Crippen molar-refractivity contribution in [3.63, 3.8) is 0 Å². The van der Waals surface area contributed by atoms with E-state index in [0.717, 1.165) is 11.3 Å². The fourth-order valence-electron chi connectivity index (χ4n) is 2.67. The van der Waals surface area contributed by atoms with Gasteiger partial charge >= 0.3 is 0 Å². The van der Waals surface area contributed by atoms with Crippen LogP contribution in [0.15, 0.2) is 53.7 Å². The summed E-state index contributed by atoms with van der Waals surface area (Å²) < 4.78 is 29.5. The third-order valence-electron chi connectivity index (χ3n) is 4.06. The first-order valence-corrected chi connectivity index (χ1v) is 10.1. The van der Waals surface area contributed by atoms with Gasteiger partial charge in [-0.15, -0.1) is 0 Å². The van der Waals surface area contributed by atoms with Crippen molar-refractivity contribution in [1.82, 2.24) is 9.97 Å². The molecule has 0 unspecified atom stereocenters. The Labute approximate surface area is 153 Å². The van der Waals surface area contributed by atoms with Crippen LogP contribution >= 0.6 is 0 Å². The van der Waals surface area contributed by atoms with Crippen molar-refractivity contribution in [2.75, 3.05) is 31.4 Å². The largest absolute Gasteiger partial charge is 0.492 e. The van der Waals surface area contributed by atoms with Crippen molar-refractivity contribution in [3.8, 4) is 5.75 Å². The summed E-state index contributed by atoms with van der Waals surface area (Å²) >= 11 is 0. The Kier molecular flexibility index (Phi) is 5.08. The topological polar surface area (TPSA) is 72.4 Å². The maximum Gasteiger partial charge on any atom is 0.175 e. The molecule has 0 N–H and O–H groups in total. The first-order chi connectivity index (χ1) is 12.3. The smallest absolute Gasteiger partial charge is 0.175 e. The fraction of sp³-hybridized carbons (Fsp3) is 0.263. The Balaban J connectivity index is 1.80. The van der Waals surface area contributed by atoms with Crippen LogP contribution in [-0.2, 0) is 9.84 Å². The third-order valence-corrected chi connectivity index (χ3v) is 5.17. The summed E-state index contributed by atoms with van der Waals surface area (Å²) in [4.78, 5) is 10.7. The minimum absolute atomic E-state index is 0.255. The number of aromatic nitrogens is 2. The molecule has 0 bridgehead atoms. The van der Waals surface area contributed by atoms with Gasteiger partial charge in [0.1, 0.15) is 24.5 Å². The molecule has 0 amide bonds. The van der Waals surface area contributed by atoms with Crippen LogP contribution in [0.1, 0.15) is 5.56 Å². The van der Waals surface area contributed by atoms with Gasteiger partial charge in [-0.25, -0.2) is 18.4 Å². The van der Waals surface area contributed by atoms with Crippen molar-refractivity contribution in [3.05, 3.63) is 54.4 Å². The van der Waals surface area contributed by atoms with Crippen molar-refractivity contribution in [2.45, 2.75) is 11.8 Å². The van der Waals surface area contributed by atoms with E-state index in [4.69, 9.17) is 4.74 Å². The Morgan fingerprint density at radius 2 is 1.92 bits per heavy atom. The molecule has 7 heteroatoms. The molecule has 0 aliphatic heterocycles. The molecule has 6 nitrogen and oxygen atoms in total. The number of anilines is 1. The van der Waals surface area contributed by atoms with Crippen LogP contribution in [-0.4, -0.2) is 44.8 Å². The number of hydrogen-bond acceptors (Lipinski definition) is 6. The van der Waals surface area contributed by atoms with E-state index in [1.54, 1.807) is 18.2 Å². The minimum atomic E-state index is -3.29. The number of sulfone groups is 1. The van der Waals surface area contributed by atoms with E-state index < -0.39 is 9.84 Å². The summed E-state index contributed by atoms with van der Waals surface area (Å²) in [5.74, 6) is 1.50.